The van der Waals surface area contributed by atoms with Gasteiger partial charge in [0.1, 0.15) is 12.6 Å². The van der Waals surface area contributed by atoms with E-state index in [4.69, 9.17) is 9.47 Å². The molecule has 3 aliphatic carbocycles. The van der Waals surface area contributed by atoms with Crippen molar-refractivity contribution in [2.45, 2.75) is 64.6 Å². The van der Waals surface area contributed by atoms with Crippen molar-refractivity contribution in [1.29, 1.82) is 0 Å². The minimum Gasteiger partial charge on any atom is -0.469 e. The molecule has 0 spiro atoms. The monoisotopic (exact) mass is 442 g/mol. The summed E-state index contributed by atoms with van der Waals surface area (Å²) in [6.07, 6.45) is 2.55. The predicted molar refractivity (Wildman–Crippen MR) is 118 cm³/mol. The van der Waals surface area contributed by atoms with Gasteiger partial charge in [-0.1, -0.05) is 44.2 Å². The molecule has 2 amide bonds. The average molecular weight is 443 g/mol. The zero-order valence-corrected chi connectivity index (χ0v) is 19.4. The largest absolute Gasteiger partial charge is 0.469 e. The second-order valence-electron chi connectivity index (χ2n) is 10.3. The van der Waals surface area contributed by atoms with Crippen LogP contribution in [0.4, 0.5) is 4.79 Å². The lowest BCUT2D eigenvalue weighted by molar-refractivity contribution is -0.183. The quantitative estimate of drug-likeness (QED) is 0.706. The number of hydrogen-bond acceptors (Lipinski definition) is 5. The van der Waals surface area contributed by atoms with Crippen molar-refractivity contribution in [3.05, 3.63) is 35.9 Å². The third-order valence-electron chi connectivity index (χ3n) is 8.31. The van der Waals surface area contributed by atoms with Crippen molar-refractivity contribution in [3.8, 4) is 0 Å². The van der Waals surface area contributed by atoms with Gasteiger partial charge in [0.05, 0.1) is 18.6 Å². The van der Waals surface area contributed by atoms with Crippen LogP contribution >= 0.6 is 0 Å². The maximum atomic E-state index is 13.4. The van der Waals surface area contributed by atoms with E-state index < -0.39 is 17.7 Å². The van der Waals surface area contributed by atoms with Gasteiger partial charge in [-0.05, 0) is 55.4 Å². The summed E-state index contributed by atoms with van der Waals surface area (Å²) in [5.41, 5.74) is 0.250. The summed E-state index contributed by atoms with van der Waals surface area (Å²) in [5.74, 6) is -0.229. The molecule has 1 N–H and O–H groups in total. The van der Waals surface area contributed by atoms with E-state index in [1.54, 1.807) is 0 Å². The number of rotatable bonds is 5. The molecule has 0 radical (unpaired) electrons. The Morgan fingerprint density at radius 2 is 1.84 bits per heavy atom. The number of nitrogens with zero attached hydrogens (tertiary/aromatic N) is 1. The summed E-state index contributed by atoms with van der Waals surface area (Å²) in [7, 11) is 1.40. The molecule has 174 valence electrons. The van der Waals surface area contributed by atoms with Gasteiger partial charge in [-0.3, -0.25) is 14.5 Å². The molecule has 3 saturated carbocycles. The van der Waals surface area contributed by atoms with Crippen LogP contribution in [0, 0.1) is 23.2 Å². The summed E-state index contributed by atoms with van der Waals surface area (Å²) >= 11 is 0. The van der Waals surface area contributed by atoms with Gasteiger partial charge in [0.15, 0.2) is 0 Å². The number of nitrogens with one attached hydrogen (secondary N) is 1. The normalized spacial score (nSPS) is 32.6. The summed E-state index contributed by atoms with van der Waals surface area (Å²) in [4.78, 5) is 40.3. The zero-order valence-electron chi connectivity index (χ0n) is 19.4. The molecule has 5 rings (SSSR count). The molecule has 7 heteroatoms. The first-order valence-electron chi connectivity index (χ1n) is 11.6. The lowest BCUT2D eigenvalue weighted by atomic mass is 9.41. The Labute approximate surface area is 189 Å². The van der Waals surface area contributed by atoms with Gasteiger partial charge < -0.3 is 14.8 Å². The first-order chi connectivity index (χ1) is 15.2. The number of methoxy groups -OCH3 is 1. The highest BCUT2D eigenvalue weighted by Crippen LogP contribution is 2.64. The van der Waals surface area contributed by atoms with Crippen molar-refractivity contribution in [1.82, 2.24) is 10.2 Å². The predicted octanol–water partition coefficient (Wildman–Crippen LogP) is 3.52. The van der Waals surface area contributed by atoms with Crippen LogP contribution in [0.2, 0.25) is 0 Å². The summed E-state index contributed by atoms with van der Waals surface area (Å²) in [6.45, 7) is 7.06. The van der Waals surface area contributed by atoms with E-state index in [0.29, 0.717) is 25.3 Å². The molecule has 1 aromatic rings. The van der Waals surface area contributed by atoms with Gasteiger partial charge in [0.2, 0.25) is 5.91 Å². The van der Waals surface area contributed by atoms with Crippen LogP contribution in [0.15, 0.2) is 30.3 Å². The van der Waals surface area contributed by atoms with E-state index >= 15 is 0 Å². The van der Waals surface area contributed by atoms with E-state index in [9.17, 15) is 14.4 Å². The van der Waals surface area contributed by atoms with Crippen LogP contribution in [0.1, 0.15) is 52.0 Å². The van der Waals surface area contributed by atoms with E-state index in [1.165, 1.54) is 12.0 Å². The number of hydrogen-bond donors (Lipinski definition) is 1. The van der Waals surface area contributed by atoms with Gasteiger partial charge in [0, 0.05) is 6.54 Å². The number of esters is 1. The second-order valence-corrected chi connectivity index (χ2v) is 10.3. The molecule has 1 heterocycles. The first-order valence-corrected chi connectivity index (χ1v) is 11.6. The molecule has 5 atom stereocenters. The number of ether oxygens (including phenoxy) is 2. The minimum absolute atomic E-state index is 0.0521. The van der Waals surface area contributed by atoms with Crippen LogP contribution < -0.4 is 5.32 Å². The molecule has 4 fully saturated rings. The van der Waals surface area contributed by atoms with Gasteiger partial charge in [0.25, 0.3) is 0 Å². The van der Waals surface area contributed by atoms with Gasteiger partial charge >= 0.3 is 12.1 Å². The third kappa shape index (κ3) is 3.76. The van der Waals surface area contributed by atoms with Gasteiger partial charge in [-0.2, -0.15) is 0 Å². The fraction of sp³-hybridized carbons (Fsp3) is 0.640. The molecular formula is C25H34N2O5. The summed E-state index contributed by atoms with van der Waals surface area (Å²) < 4.78 is 10.6. The Balaban J connectivity index is 1.46. The molecule has 0 unspecified atom stereocenters. The van der Waals surface area contributed by atoms with Gasteiger partial charge in [-0.15, -0.1) is 0 Å². The van der Waals surface area contributed by atoms with Crippen molar-refractivity contribution in [2.24, 2.45) is 23.2 Å². The average Bonchev–Trinajstić information content (AvgIpc) is 3.27. The molecule has 7 nitrogen and oxygen atoms in total. The molecule has 4 aliphatic rings. The topological polar surface area (TPSA) is 84.9 Å². The molecule has 1 saturated heterocycles. The molecule has 32 heavy (non-hydrogen) atoms. The number of benzene rings is 1. The molecule has 0 aromatic heterocycles. The van der Waals surface area contributed by atoms with Gasteiger partial charge in [-0.25, -0.2) is 4.79 Å². The summed E-state index contributed by atoms with van der Waals surface area (Å²) in [6, 6.07) is 8.90. The Kier molecular flexibility index (Phi) is 5.94. The Hall–Kier alpha value is -2.57. The van der Waals surface area contributed by atoms with Crippen LogP contribution in [-0.4, -0.2) is 48.1 Å². The highest BCUT2D eigenvalue weighted by molar-refractivity contribution is 5.87. The van der Waals surface area contributed by atoms with Crippen LogP contribution in [0.3, 0.4) is 0 Å². The molecule has 2 bridgehead atoms. The number of fused-ring (bicyclic) bond motifs is 2. The zero-order chi connectivity index (χ0) is 23.1. The second kappa shape index (κ2) is 8.41. The van der Waals surface area contributed by atoms with E-state index in [2.05, 4.69) is 19.2 Å². The smallest absolute Gasteiger partial charge is 0.410 e. The van der Waals surface area contributed by atoms with E-state index in [0.717, 1.165) is 18.4 Å². The van der Waals surface area contributed by atoms with Crippen molar-refractivity contribution < 1.29 is 23.9 Å². The lowest BCUT2D eigenvalue weighted by Crippen LogP contribution is -2.72. The standard InChI is InChI=1S/C25H34N2O5/c1-24(2)17-13-18(22(29)31-4)25(3,20(24)14-17)26-21(28)19-11-8-12-27(19)23(30)32-15-16-9-6-5-7-10-16/h5-7,9-10,17-20H,8,11-15H2,1-4H3,(H,26,28)/t17-,18+,19+,20+,25-/m1/s1. The Morgan fingerprint density at radius 1 is 1.12 bits per heavy atom. The van der Waals surface area contributed by atoms with Crippen LogP contribution in [-0.2, 0) is 25.7 Å². The van der Waals surface area contributed by atoms with Crippen LogP contribution in [0.25, 0.3) is 0 Å². The fourth-order valence-corrected chi connectivity index (χ4v) is 6.27. The van der Waals surface area contributed by atoms with Crippen molar-refractivity contribution in [3.63, 3.8) is 0 Å². The molecular weight excluding hydrogens is 408 g/mol. The fourth-order valence-electron chi connectivity index (χ4n) is 6.27. The number of carbonyl (C=O) groups excluding carboxylic acids is 3. The van der Waals surface area contributed by atoms with Crippen molar-refractivity contribution in [2.75, 3.05) is 13.7 Å². The van der Waals surface area contributed by atoms with E-state index in [1.807, 2.05) is 37.3 Å². The Bertz CT molecular complexity index is 886. The first kappa shape index (κ1) is 22.6. The Morgan fingerprint density at radius 3 is 2.50 bits per heavy atom. The maximum Gasteiger partial charge on any atom is 0.410 e. The number of likely N-dealkylation sites (tertiary alicyclic amines) is 1. The van der Waals surface area contributed by atoms with E-state index in [-0.39, 0.29) is 35.7 Å². The van der Waals surface area contributed by atoms with Crippen molar-refractivity contribution >= 4 is 18.0 Å². The maximum absolute atomic E-state index is 13.4. The third-order valence-corrected chi connectivity index (χ3v) is 8.31. The lowest BCUT2D eigenvalue weighted by Gasteiger charge is -2.66. The molecule has 1 aliphatic heterocycles. The minimum atomic E-state index is -0.704. The number of amides is 2. The SMILES string of the molecule is COC(=O)[C@@H]1C[C@@H]2C[C@@H](C2(C)C)[C@]1(C)NC(=O)[C@@H]1CCCN1C(=O)OCc1ccccc1. The molecule has 1 aromatic carbocycles. The number of carbonyl (C=O) groups is 3. The highest BCUT2D eigenvalue weighted by Gasteiger charge is 2.65. The highest BCUT2D eigenvalue weighted by atomic mass is 16.6. The summed E-state index contributed by atoms with van der Waals surface area (Å²) in [5, 5.41) is 3.22. The van der Waals surface area contributed by atoms with Crippen LogP contribution in [0.5, 0.6) is 0 Å².